The van der Waals surface area contributed by atoms with Crippen molar-refractivity contribution in [3.8, 4) is 0 Å². The minimum absolute atomic E-state index is 0.0627. The van der Waals surface area contributed by atoms with Crippen molar-refractivity contribution in [2.24, 2.45) is 0 Å². The first-order valence-corrected chi connectivity index (χ1v) is 9.85. The second kappa shape index (κ2) is 8.06. The lowest BCUT2D eigenvalue weighted by Crippen LogP contribution is -2.37. The van der Waals surface area contributed by atoms with Crippen molar-refractivity contribution in [1.29, 1.82) is 0 Å². The van der Waals surface area contributed by atoms with Gasteiger partial charge in [-0.05, 0) is 43.8 Å². The summed E-state index contributed by atoms with van der Waals surface area (Å²) in [6.07, 6.45) is 1.37. The summed E-state index contributed by atoms with van der Waals surface area (Å²) in [6, 6.07) is 7.85. The largest absolute Gasteiger partial charge is 0.350 e. The van der Waals surface area contributed by atoms with Crippen LogP contribution in [0.25, 0.3) is 6.08 Å². The third-order valence-electron chi connectivity index (χ3n) is 3.97. The molecule has 3 rings (SSSR count). The molecule has 0 radical (unpaired) electrons. The van der Waals surface area contributed by atoms with Crippen LogP contribution in [0.5, 0.6) is 0 Å². The Bertz CT molecular complexity index is 952. The first kappa shape index (κ1) is 19.3. The minimum Gasteiger partial charge on any atom is -0.350 e. The Morgan fingerprint density at radius 1 is 1.26 bits per heavy atom. The molecule has 0 spiro atoms. The molecule has 1 fully saturated rings. The number of aryl methyl sites for hydroxylation is 2. The van der Waals surface area contributed by atoms with Gasteiger partial charge in [-0.3, -0.25) is 19.3 Å². The number of thioether (sulfide) groups is 1. The number of halogens is 1. The minimum atomic E-state index is -0.481. The highest BCUT2D eigenvalue weighted by atomic mass is 32.2. The zero-order valence-corrected chi connectivity index (χ0v) is 16.4. The third-order valence-corrected chi connectivity index (χ3v) is 5.85. The van der Waals surface area contributed by atoms with Crippen LogP contribution in [0.3, 0.4) is 0 Å². The Morgan fingerprint density at radius 3 is 2.67 bits per heavy atom. The maximum absolute atomic E-state index is 13.7. The van der Waals surface area contributed by atoms with Gasteiger partial charge in [0.2, 0.25) is 0 Å². The normalized spacial score (nSPS) is 15.7. The molecule has 2 heterocycles. The van der Waals surface area contributed by atoms with Gasteiger partial charge in [-0.25, -0.2) is 4.39 Å². The van der Waals surface area contributed by atoms with Gasteiger partial charge in [0.1, 0.15) is 5.82 Å². The molecule has 0 saturated carbocycles. The number of carbonyl (C=O) groups excluding carboxylic acids is 3. The van der Waals surface area contributed by atoms with E-state index in [0.29, 0.717) is 5.56 Å². The molecule has 0 atom stereocenters. The number of nitrogens with zero attached hydrogens (tertiary/aromatic N) is 1. The predicted octanol–water partition coefficient (Wildman–Crippen LogP) is 3.97. The molecule has 27 heavy (non-hydrogen) atoms. The van der Waals surface area contributed by atoms with Gasteiger partial charge in [0.15, 0.2) is 0 Å². The lowest BCUT2D eigenvalue weighted by atomic mass is 10.2. The summed E-state index contributed by atoms with van der Waals surface area (Å²) in [5.74, 6) is -1.17. The Hall–Kier alpha value is -2.45. The van der Waals surface area contributed by atoms with E-state index in [9.17, 15) is 18.8 Å². The predicted molar refractivity (Wildman–Crippen MR) is 105 cm³/mol. The standard InChI is InChI=1S/C19H17FN2O3S2/c1-11-9-14(12(2)26-11)17(23)21-7-8-22-18(24)16(27-19(22)25)10-13-5-3-4-6-15(13)20/h3-6,9-10H,7-8H2,1-2H3,(H,21,23)/b16-10-. The fraction of sp³-hybridized carbons (Fsp3) is 0.211. The average Bonchev–Trinajstić information content (AvgIpc) is 3.09. The number of rotatable bonds is 5. The van der Waals surface area contributed by atoms with Gasteiger partial charge in [-0.2, -0.15) is 0 Å². The molecule has 1 aromatic carbocycles. The van der Waals surface area contributed by atoms with Crippen molar-refractivity contribution < 1.29 is 18.8 Å². The van der Waals surface area contributed by atoms with Crippen LogP contribution in [0.15, 0.2) is 35.2 Å². The smallest absolute Gasteiger partial charge is 0.293 e. The zero-order chi connectivity index (χ0) is 19.6. The van der Waals surface area contributed by atoms with Crippen LogP contribution in [0.2, 0.25) is 0 Å². The zero-order valence-electron chi connectivity index (χ0n) is 14.7. The van der Waals surface area contributed by atoms with E-state index < -0.39 is 17.0 Å². The topological polar surface area (TPSA) is 66.5 Å². The van der Waals surface area contributed by atoms with Crippen LogP contribution in [0, 0.1) is 19.7 Å². The maximum atomic E-state index is 13.7. The first-order valence-electron chi connectivity index (χ1n) is 8.22. The molecule has 0 unspecified atom stereocenters. The third kappa shape index (κ3) is 4.28. The summed E-state index contributed by atoms with van der Waals surface area (Å²) in [7, 11) is 0. The number of thiophene rings is 1. The van der Waals surface area contributed by atoms with Crippen LogP contribution in [0.1, 0.15) is 25.7 Å². The summed E-state index contributed by atoms with van der Waals surface area (Å²) >= 11 is 2.31. The van der Waals surface area contributed by atoms with E-state index in [0.717, 1.165) is 26.4 Å². The Labute approximate surface area is 164 Å². The fourth-order valence-electron chi connectivity index (χ4n) is 2.66. The van der Waals surface area contributed by atoms with Gasteiger partial charge in [0, 0.05) is 28.4 Å². The summed E-state index contributed by atoms with van der Waals surface area (Å²) in [5.41, 5.74) is 0.852. The second-order valence-corrected chi connectivity index (χ2v) is 8.39. The van der Waals surface area contributed by atoms with Crippen molar-refractivity contribution >= 4 is 46.2 Å². The molecule has 1 aromatic heterocycles. The summed E-state index contributed by atoms with van der Waals surface area (Å²) in [6.45, 7) is 4.01. The highest BCUT2D eigenvalue weighted by molar-refractivity contribution is 8.18. The molecule has 2 aromatic rings. The number of nitrogens with one attached hydrogen (secondary N) is 1. The number of imide groups is 1. The van der Waals surface area contributed by atoms with E-state index in [2.05, 4.69) is 5.32 Å². The van der Waals surface area contributed by atoms with Gasteiger partial charge in [0.25, 0.3) is 17.1 Å². The number of hydrogen-bond donors (Lipinski definition) is 1. The van der Waals surface area contributed by atoms with Gasteiger partial charge in [0.05, 0.1) is 10.5 Å². The van der Waals surface area contributed by atoms with E-state index in [1.54, 1.807) is 12.1 Å². The van der Waals surface area contributed by atoms with Gasteiger partial charge in [-0.1, -0.05) is 18.2 Å². The van der Waals surface area contributed by atoms with Crippen LogP contribution < -0.4 is 5.32 Å². The van der Waals surface area contributed by atoms with Crippen molar-refractivity contribution in [3.05, 3.63) is 61.9 Å². The van der Waals surface area contributed by atoms with Gasteiger partial charge >= 0.3 is 0 Å². The Kier molecular flexibility index (Phi) is 5.76. The molecule has 8 heteroatoms. The van der Waals surface area contributed by atoms with Crippen LogP contribution in [-0.4, -0.2) is 35.0 Å². The molecule has 1 N–H and O–H groups in total. The second-order valence-electron chi connectivity index (χ2n) is 5.94. The summed E-state index contributed by atoms with van der Waals surface area (Å²) in [5, 5.41) is 2.30. The van der Waals surface area contributed by atoms with E-state index in [4.69, 9.17) is 0 Å². The van der Waals surface area contributed by atoms with Crippen molar-refractivity contribution in [3.63, 3.8) is 0 Å². The van der Waals surface area contributed by atoms with E-state index in [-0.39, 0.29) is 29.5 Å². The molecule has 1 aliphatic heterocycles. The molecule has 0 bridgehead atoms. The maximum Gasteiger partial charge on any atom is 0.293 e. The molecule has 1 aliphatic rings. The molecular weight excluding hydrogens is 387 g/mol. The Morgan fingerprint density at radius 2 is 2.00 bits per heavy atom. The van der Waals surface area contributed by atoms with Crippen molar-refractivity contribution in [2.45, 2.75) is 13.8 Å². The molecule has 140 valence electrons. The van der Waals surface area contributed by atoms with Crippen LogP contribution >= 0.6 is 23.1 Å². The number of carbonyl (C=O) groups is 3. The Balaban J connectivity index is 1.62. The van der Waals surface area contributed by atoms with Crippen LogP contribution in [-0.2, 0) is 4.79 Å². The lowest BCUT2D eigenvalue weighted by molar-refractivity contribution is -0.122. The molecular formula is C19H17FN2O3S2. The number of benzene rings is 1. The highest BCUT2D eigenvalue weighted by Gasteiger charge is 2.34. The van der Waals surface area contributed by atoms with Gasteiger partial charge < -0.3 is 5.32 Å². The van der Waals surface area contributed by atoms with Crippen molar-refractivity contribution in [1.82, 2.24) is 10.2 Å². The van der Waals surface area contributed by atoms with E-state index >= 15 is 0 Å². The molecule has 5 nitrogen and oxygen atoms in total. The summed E-state index contributed by atoms with van der Waals surface area (Å²) in [4.78, 5) is 39.9. The highest BCUT2D eigenvalue weighted by Crippen LogP contribution is 2.32. The van der Waals surface area contributed by atoms with E-state index in [1.165, 1.54) is 29.5 Å². The first-order chi connectivity index (χ1) is 12.9. The monoisotopic (exact) mass is 404 g/mol. The van der Waals surface area contributed by atoms with E-state index in [1.807, 2.05) is 19.9 Å². The lowest BCUT2D eigenvalue weighted by Gasteiger charge is -2.13. The quantitative estimate of drug-likeness (QED) is 0.766. The average molecular weight is 404 g/mol. The van der Waals surface area contributed by atoms with Crippen LogP contribution in [0.4, 0.5) is 9.18 Å². The fourth-order valence-corrected chi connectivity index (χ4v) is 4.44. The molecule has 3 amide bonds. The summed E-state index contributed by atoms with van der Waals surface area (Å²) < 4.78 is 13.7. The number of hydrogen-bond acceptors (Lipinski definition) is 5. The SMILES string of the molecule is Cc1cc(C(=O)NCCN2C(=O)S/C(=C\c3ccccc3F)C2=O)c(C)s1. The molecule has 0 aliphatic carbocycles. The number of amides is 3. The van der Waals surface area contributed by atoms with Gasteiger partial charge in [-0.15, -0.1) is 11.3 Å². The van der Waals surface area contributed by atoms with Crippen molar-refractivity contribution in [2.75, 3.05) is 13.1 Å². The molecule has 1 saturated heterocycles.